The normalized spacial score (nSPS) is 15.8. The van der Waals surface area contributed by atoms with Crippen molar-refractivity contribution >= 4 is 68.3 Å². The molecule has 0 spiro atoms. The summed E-state index contributed by atoms with van der Waals surface area (Å²) in [7, 11) is -4.08. The summed E-state index contributed by atoms with van der Waals surface area (Å²) in [5.74, 6) is -0.414. The minimum absolute atomic E-state index is 0.00676. The first-order valence-corrected chi connectivity index (χ1v) is 14.6. The molecule has 2 amide bonds. The number of carbonyl (C=O) groups excluding carboxylic acids is 2. The predicted octanol–water partition coefficient (Wildman–Crippen LogP) is 4.53. The summed E-state index contributed by atoms with van der Waals surface area (Å²) >= 11 is 18.4. The maximum absolute atomic E-state index is 13.8. The Kier molecular flexibility index (Phi) is 9.03. The second kappa shape index (κ2) is 12.1. The molecule has 13 heteroatoms. The van der Waals surface area contributed by atoms with Gasteiger partial charge in [0.15, 0.2) is 0 Å². The van der Waals surface area contributed by atoms with Crippen molar-refractivity contribution in [1.82, 2.24) is 15.6 Å². The summed E-state index contributed by atoms with van der Waals surface area (Å²) in [5, 5.41) is 9.42. The number of anilines is 2. The van der Waals surface area contributed by atoms with Gasteiger partial charge in [-0.1, -0.05) is 53.0 Å². The molecule has 2 aromatic carbocycles. The molecule has 2 unspecified atom stereocenters. The maximum atomic E-state index is 13.8. The molecule has 0 radical (unpaired) electrons. The van der Waals surface area contributed by atoms with Gasteiger partial charge in [-0.15, -0.1) is 0 Å². The van der Waals surface area contributed by atoms with Gasteiger partial charge in [-0.3, -0.25) is 9.59 Å². The Balaban J connectivity index is 1.67. The van der Waals surface area contributed by atoms with E-state index in [9.17, 15) is 18.0 Å². The van der Waals surface area contributed by atoms with Crippen LogP contribution in [0.3, 0.4) is 0 Å². The number of rotatable bonds is 8. The highest BCUT2D eigenvalue weighted by Crippen LogP contribution is 2.33. The van der Waals surface area contributed by atoms with Crippen LogP contribution >= 0.6 is 34.8 Å². The van der Waals surface area contributed by atoms with Gasteiger partial charge in [-0.2, -0.15) is 0 Å². The van der Waals surface area contributed by atoms with Gasteiger partial charge < -0.3 is 16.0 Å². The van der Waals surface area contributed by atoms with Crippen LogP contribution in [0.1, 0.15) is 29.8 Å². The van der Waals surface area contributed by atoms with Crippen molar-refractivity contribution in [2.45, 2.75) is 37.2 Å². The van der Waals surface area contributed by atoms with E-state index in [2.05, 4.69) is 20.9 Å². The maximum Gasteiger partial charge on any atom is 0.265 e. The second-order valence-corrected chi connectivity index (χ2v) is 12.2. The molecular weight excluding hydrogens is 585 g/mol. The van der Waals surface area contributed by atoms with Crippen molar-refractivity contribution < 1.29 is 18.0 Å². The van der Waals surface area contributed by atoms with Gasteiger partial charge in [0.1, 0.15) is 11.6 Å². The van der Waals surface area contributed by atoms with Crippen LogP contribution in [-0.2, 0) is 21.2 Å². The molecule has 3 N–H and O–H groups in total. The number of pyridine rings is 1. The zero-order chi connectivity index (χ0) is 28.3. The topological polar surface area (TPSA) is 120 Å². The lowest BCUT2D eigenvalue weighted by Crippen LogP contribution is -2.51. The Labute approximate surface area is 241 Å². The average molecular weight is 611 g/mol. The van der Waals surface area contributed by atoms with Crippen LogP contribution in [0.25, 0.3) is 0 Å². The number of benzene rings is 2. The van der Waals surface area contributed by atoms with Crippen LogP contribution in [0.15, 0.2) is 59.5 Å². The lowest BCUT2D eigenvalue weighted by molar-refractivity contribution is -0.119. The first-order valence-electron chi connectivity index (χ1n) is 12.0. The van der Waals surface area contributed by atoms with Crippen LogP contribution in [0.2, 0.25) is 15.1 Å². The van der Waals surface area contributed by atoms with E-state index in [0.717, 1.165) is 0 Å². The predicted molar refractivity (Wildman–Crippen MR) is 153 cm³/mol. The molecule has 9 nitrogen and oxygen atoms in total. The minimum atomic E-state index is -4.08. The Morgan fingerprint density at radius 1 is 1.08 bits per heavy atom. The van der Waals surface area contributed by atoms with Crippen molar-refractivity contribution in [3.05, 3.63) is 80.8 Å². The molecule has 1 aromatic heterocycles. The van der Waals surface area contributed by atoms with Crippen molar-refractivity contribution in [2.24, 2.45) is 0 Å². The number of nitrogens with zero attached hydrogens (tertiary/aromatic N) is 2. The van der Waals surface area contributed by atoms with E-state index in [1.807, 2.05) is 6.92 Å². The Bertz CT molecular complexity index is 1500. The first kappa shape index (κ1) is 29.1. The lowest BCUT2D eigenvalue weighted by Gasteiger charge is -2.35. The monoisotopic (exact) mass is 609 g/mol. The summed E-state index contributed by atoms with van der Waals surface area (Å²) in [4.78, 5) is 28.8. The van der Waals surface area contributed by atoms with Gasteiger partial charge in [-0.05, 0) is 55.3 Å². The minimum Gasteiger partial charge on any atom is -0.353 e. The number of halogens is 3. The van der Waals surface area contributed by atoms with E-state index >= 15 is 0 Å². The summed E-state index contributed by atoms with van der Waals surface area (Å²) in [6.45, 7) is 3.79. The molecule has 0 saturated carbocycles. The molecule has 0 saturated heterocycles. The third-order valence-electron chi connectivity index (χ3n) is 6.02. The number of carbonyl (C=O) groups is 2. The summed E-state index contributed by atoms with van der Waals surface area (Å²) in [6, 6.07) is 13.6. The van der Waals surface area contributed by atoms with Gasteiger partial charge in [-0.25, -0.2) is 17.7 Å². The highest BCUT2D eigenvalue weighted by Gasteiger charge is 2.35. The Morgan fingerprint density at radius 3 is 2.44 bits per heavy atom. The number of aromatic nitrogens is 1. The fourth-order valence-electron chi connectivity index (χ4n) is 4.28. The molecule has 1 aliphatic heterocycles. The summed E-state index contributed by atoms with van der Waals surface area (Å²) < 4.78 is 28.8. The van der Waals surface area contributed by atoms with Gasteiger partial charge >= 0.3 is 0 Å². The highest BCUT2D eigenvalue weighted by molar-refractivity contribution is 7.92. The van der Waals surface area contributed by atoms with Gasteiger partial charge in [0, 0.05) is 30.6 Å². The van der Waals surface area contributed by atoms with E-state index < -0.39 is 15.9 Å². The molecule has 1 aliphatic rings. The third-order valence-corrected chi connectivity index (χ3v) is 8.64. The van der Waals surface area contributed by atoms with Crippen LogP contribution in [-0.4, -0.2) is 50.4 Å². The molecule has 0 fully saturated rings. The lowest BCUT2D eigenvalue weighted by atomic mass is 10.0. The molecule has 3 aromatic rings. The van der Waals surface area contributed by atoms with Gasteiger partial charge in [0.2, 0.25) is 5.91 Å². The van der Waals surface area contributed by atoms with E-state index in [1.54, 1.807) is 42.5 Å². The summed E-state index contributed by atoms with van der Waals surface area (Å²) in [5.41, 5.74) is 0.742. The largest absolute Gasteiger partial charge is 0.353 e. The van der Waals surface area contributed by atoms with Crippen molar-refractivity contribution in [3.8, 4) is 0 Å². The Morgan fingerprint density at radius 2 is 1.77 bits per heavy atom. The third kappa shape index (κ3) is 6.82. The van der Waals surface area contributed by atoms with Crippen molar-refractivity contribution in [1.29, 1.82) is 0 Å². The summed E-state index contributed by atoms with van der Waals surface area (Å²) in [6.07, 6.45) is 0.473. The number of fused-ring (bicyclic) bond motifs is 1. The van der Waals surface area contributed by atoms with E-state index in [0.29, 0.717) is 18.5 Å². The smallest absolute Gasteiger partial charge is 0.265 e. The molecule has 2 heterocycles. The molecule has 39 heavy (non-hydrogen) atoms. The molecule has 2 atom stereocenters. The van der Waals surface area contributed by atoms with E-state index in [1.165, 1.54) is 23.4 Å². The van der Waals surface area contributed by atoms with E-state index in [4.69, 9.17) is 34.8 Å². The van der Waals surface area contributed by atoms with Gasteiger partial charge in [0.25, 0.3) is 15.9 Å². The SMILES string of the molecule is CC(=O)NC(C)CNC1Cc2ccc(NC(=O)c3c(Cl)cccc3Cl)nc2N(S(=O)(=O)c2cccc(Cl)c2)C1. The quantitative estimate of drug-likeness (QED) is 0.345. The van der Waals surface area contributed by atoms with Crippen LogP contribution in [0, 0.1) is 0 Å². The number of amides is 2. The van der Waals surface area contributed by atoms with Crippen molar-refractivity contribution in [3.63, 3.8) is 0 Å². The molecule has 0 aliphatic carbocycles. The number of sulfonamides is 1. The van der Waals surface area contributed by atoms with E-state index in [-0.39, 0.29) is 61.7 Å². The van der Waals surface area contributed by atoms with Crippen LogP contribution in [0.4, 0.5) is 11.6 Å². The highest BCUT2D eigenvalue weighted by atomic mass is 35.5. The average Bonchev–Trinajstić information content (AvgIpc) is 2.86. The van der Waals surface area contributed by atoms with Crippen LogP contribution < -0.4 is 20.3 Å². The van der Waals surface area contributed by atoms with Gasteiger partial charge in [0.05, 0.1) is 27.0 Å². The first-order chi connectivity index (χ1) is 18.5. The fourth-order valence-corrected chi connectivity index (χ4v) is 6.64. The standard InChI is InChI=1S/C26H26Cl3N5O4S/c1-15(31-16(2)35)13-30-19-11-17-9-10-23(33-26(36)24-21(28)7-4-8-22(24)29)32-25(17)34(14-19)39(37,38)20-6-3-5-18(27)12-20/h3-10,12,15,19,30H,11,13-14H2,1-2H3,(H,31,35)(H,32,33,36). The Hall–Kier alpha value is -2.89. The number of hydrogen-bond donors (Lipinski definition) is 3. The second-order valence-electron chi connectivity index (χ2n) is 9.13. The number of hydrogen-bond acceptors (Lipinski definition) is 6. The zero-order valence-corrected chi connectivity index (χ0v) is 24.1. The molecule has 4 rings (SSSR count). The van der Waals surface area contributed by atoms with Crippen molar-refractivity contribution in [2.75, 3.05) is 22.7 Å². The van der Waals surface area contributed by atoms with Crippen LogP contribution in [0.5, 0.6) is 0 Å². The zero-order valence-electron chi connectivity index (χ0n) is 21.0. The molecular formula is C26H26Cl3N5O4S. The molecule has 0 bridgehead atoms. The fraction of sp³-hybridized carbons (Fsp3) is 0.269. The molecule has 206 valence electrons. The number of nitrogens with one attached hydrogen (secondary N) is 3.